The van der Waals surface area contributed by atoms with Gasteiger partial charge in [-0.3, -0.25) is 0 Å². The Morgan fingerprint density at radius 3 is 2.56 bits per heavy atom. The Morgan fingerprint density at radius 2 is 2.00 bits per heavy atom. The highest BCUT2D eigenvalue weighted by molar-refractivity contribution is 7.80. The van der Waals surface area contributed by atoms with Crippen LogP contribution in [-0.2, 0) is 6.42 Å². The van der Waals surface area contributed by atoms with Gasteiger partial charge in [-0.1, -0.05) is 11.6 Å². The maximum atomic E-state index is 6.25. The molecule has 0 fully saturated rings. The quantitative estimate of drug-likeness (QED) is 0.615. The molecule has 0 aliphatic rings. The Labute approximate surface area is 109 Å². The van der Waals surface area contributed by atoms with Gasteiger partial charge in [-0.25, -0.2) is 0 Å². The maximum absolute atomic E-state index is 6.25. The van der Waals surface area contributed by atoms with Gasteiger partial charge in [-0.15, -0.1) is 0 Å². The first-order chi connectivity index (χ1) is 7.61. The van der Waals surface area contributed by atoms with Crippen LogP contribution in [0.4, 0.5) is 0 Å². The van der Waals surface area contributed by atoms with Crippen LogP contribution in [0.15, 0.2) is 6.07 Å². The zero-order chi connectivity index (χ0) is 12.1. The van der Waals surface area contributed by atoms with E-state index in [1.807, 2.05) is 13.0 Å². The van der Waals surface area contributed by atoms with Crippen molar-refractivity contribution in [2.45, 2.75) is 33.1 Å². The van der Waals surface area contributed by atoms with Crippen molar-refractivity contribution in [1.29, 1.82) is 0 Å². The molecule has 0 unspecified atom stereocenters. The molecule has 3 heteroatoms. The predicted molar refractivity (Wildman–Crippen MR) is 74.3 cm³/mol. The third-order valence-electron chi connectivity index (χ3n) is 2.83. The standard InChI is InChI=1S/C13H19ClOS/c1-9-8-12(15-3)11(6-4-5-7-16)10(2)13(9)14/h8,16H,4-7H2,1-3H3. The molecule has 0 aliphatic carbocycles. The van der Waals surface area contributed by atoms with Crippen molar-refractivity contribution >= 4 is 24.2 Å². The highest BCUT2D eigenvalue weighted by Gasteiger charge is 2.11. The smallest absolute Gasteiger partial charge is 0.122 e. The molecule has 0 amide bonds. The van der Waals surface area contributed by atoms with Gasteiger partial charge in [0.25, 0.3) is 0 Å². The molecule has 0 bridgehead atoms. The zero-order valence-corrected chi connectivity index (χ0v) is 11.8. The summed E-state index contributed by atoms with van der Waals surface area (Å²) in [5.41, 5.74) is 3.46. The first kappa shape index (κ1) is 13.7. The molecule has 0 saturated heterocycles. The number of halogens is 1. The topological polar surface area (TPSA) is 9.23 Å². The van der Waals surface area contributed by atoms with E-state index in [-0.39, 0.29) is 0 Å². The van der Waals surface area contributed by atoms with Gasteiger partial charge in [-0.05, 0) is 61.6 Å². The van der Waals surface area contributed by atoms with Gasteiger partial charge in [0.2, 0.25) is 0 Å². The van der Waals surface area contributed by atoms with Gasteiger partial charge in [0, 0.05) is 5.02 Å². The third kappa shape index (κ3) is 3.08. The van der Waals surface area contributed by atoms with E-state index >= 15 is 0 Å². The molecule has 1 rings (SSSR count). The molecule has 0 N–H and O–H groups in total. The number of hydrogen-bond donors (Lipinski definition) is 1. The number of methoxy groups -OCH3 is 1. The van der Waals surface area contributed by atoms with Crippen LogP contribution in [-0.4, -0.2) is 12.9 Å². The second kappa shape index (κ2) is 6.41. The summed E-state index contributed by atoms with van der Waals surface area (Å²) in [7, 11) is 1.71. The van der Waals surface area contributed by atoms with Crippen LogP contribution in [0.25, 0.3) is 0 Å². The molecule has 0 atom stereocenters. The van der Waals surface area contributed by atoms with Crippen molar-refractivity contribution in [3.63, 3.8) is 0 Å². The lowest BCUT2D eigenvalue weighted by molar-refractivity contribution is 0.408. The SMILES string of the molecule is COc1cc(C)c(Cl)c(C)c1CCCCS. The van der Waals surface area contributed by atoms with Gasteiger partial charge in [0.05, 0.1) is 7.11 Å². The number of rotatable bonds is 5. The van der Waals surface area contributed by atoms with E-state index in [0.29, 0.717) is 0 Å². The molecule has 1 nitrogen and oxygen atoms in total. The fourth-order valence-electron chi connectivity index (χ4n) is 1.87. The summed E-state index contributed by atoms with van der Waals surface area (Å²) < 4.78 is 5.41. The van der Waals surface area contributed by atoms with E-state index in [1.54, 1.807) is 7.11 Å². The molecule has 1 aromatic carbocycles. The van der Waals surface area contributed by atoms with E-state index < -0.39 is 0 Å². The molecular formula is C13H19ClOS. The van der Waals surface area contributed by atoms with Crippen LogP contribution >= 0.6 is 24.2 Å². The molecule has 16 heavy (non-hydrogen) atoms. The fourth-order valence-corrected chi connectivity index (χ4v) is 2.26. The Bertz CT molecular complexity index is 363. The average molecular weight is 259 g/mol. The Kier molecular flexibility index (Phi) is 5.50. The first-order valence-electron chi connectivity index (χ1n) is 5.55. The van der Waals surface area contributed by atoms with Crippen LogP contribution in [0.3, 0.4) is 0 Å². The molecule has 0 spiro atoms. The van der Waals surface area contributed by atoms with Crippen molar-refractivity contribution < 1.29 is 4.74 Å². The normalized spacial score (nSPS) is 10.6. The zero-order valence-electron chi connectivity index (χ0n) is 10.1. The van der Waals surface area contributed by atoms with E-state index in [9.17, 15) is 0 Å². The predicted octanol–water partition coefficient (Wildman–Crippen LogP) is 4.22. The lowest BCUT2D eigenvalue weighted by Crippen LogP contribution is -1.98. The molecule has 0 saturated carbocycles. The van der Waals surface area contributed by atoms with Crippen molar-refractivity contribution in [3.8, 4) is 5.75 Å². The second-order valence-corrected chi connectivity index (χ2v) is 4.82. The van der Waals surface area contributed by atoms with Gasteiger partial charge < -0.3 is 4.74 Å². The summed E-state index contributed by atoms with van der Waals surface area (Å²) in [5, 5.41) is 0.863. The molecular weight excluding hydrogens is 240 g/mol. The van der Waals surface area contributed by atoms with Crippen LogP contribution in [0, 0.1) is 13.8 Å². The number of ether oxygens (including phenoxy) is 1. The van der Waals surface area contributed by atoms with Crippen molar-refractivity contribution in [2.75, 3.05) is 12.9 Å². The van der Waals surface area contributed by atoms with Gasteiger partial charge >= 0.3 is 0 Å². The van der Waals surface area contributed by atoms with Gasteiger partial charge in [0.1, 0.15) is 5.75 Å². The van der Waals surface area contributed by atoms with Crippen molar-refractivity contribution in [3.05, 3.63) is 27.8 Å². The van der Waals surface area contributed by atoms with E-state index in [1.165, 1.54) is 5.56 Å². The number of unbranched alkanes of at least 4 members (excludes halogenated alkanes) is 1. The van der Waals surface area contributed by atoms with Gasteiger partial charge in [-0.2, -0.15) is 12.6 Å². The van der Waals surface area contributed by atoms with Crippen molar-refractivity contribution in [2.24, 2.45) is 0 Å². The molecule has 90 valence electrons. The molecule has 1 aromatic rings. The Hall–Kier alpha value is -0.340. The maximum Gasteiger partial charge on any atom is 0.122 e. The molecule has 0 aliphatic heterocycles. The highest BCUT2D eigenvalue weighted by atomic mass is 35.5. The lowest BCUT2D eigenvalue weighted by atomic mass is 9.99. The van der Waals surface area contributed by atoms with E-state index in [4.69, 9.17) is 16.3 Å². The molecule has 0 radical (unpaired) electrons. The summed E-state index contributed by atoms with van der Waals surface area (Å²) in [6, 6.07) is 2.02. The van der Waals surface area contributed by atoms with E-state index in [0.717, 1.165) is 46.9 Å². The lowest BCUT2D eigenvalue weighted by Gasteiger charge is -2.14. The first-order valence-corrected chi connectivity index (χ1v) is 6.56. The number of benzene rings is 1. The fraction of sp³-hybridized carbons (Fsp3) is 0.538. The minimum Gasteiger partial charge on any atom is -0.496 e. The van der Waals surface area contributed by atoms with Crippen LogP contribution in [0.5, 0.6) is 5.75 Å². The van der Waals surface area contributed by atoms with Crippen LogP contribution in [0.1, 0.15) is 29.5 Å². The summed E-state index contributed by atoms with van der Waals surface area (Å²) in [6.45, 7) is 4.07. The molecule has 0 aromatic heterocycles. The second-order valence-electron chi connectivity index (χ2n) is 3.99. The minimum atomic E-state index is 0.863. The van der Waals surface area contributed by atoms with Crippen molar-refractivity contribution in [1.82, 2.24) is 0 Å². The third-order valence-corrected chi connectivity index (χ3v) is 3.73. The summed E-state index contributed by atoms with van der Waals surface area (Å²) in [5.74, 6) is 1.89. The largest absolute Gasteiger partial charge is 0.496 e. The minimum absolute atomic E-state index is 0.863. The average Bonchev–Trinajstić information content (AvgIpc) is 2.29. The van der Waals surface area contributed by atoms with Crippen LogP contribution < -0.4 is 4.74 Å². The number of aryl methyl sites for hydroxylation is 1. The summed E-state index contributed by atoms with van der Waals surface area (Å²) >= 11 is 10.5. The monoisotopic (exact) mass is 258 g/mol. The highest BCUT2D eigenvalue weighted by Crippen LogP contribution is 2.32. The number of thiol groups is 1. The Morgan fingerprint density at radius 1 is 1.31 bits per heavy atom. The van der Waals surface area contributed by atoms with E-state index in [2.05, 4.69) is 19.6 Å². The summed E-state index contributed by atoms with van der Waals surface area (Å²) in [6.07, 6.45) is 3.26. The van der Waals surface area contributed by atoms with Gasteiger partial charge in [0.15, 0.2) is 0 Å². The number of hydrogen-bond acceptors (Lipinski definition) is 2. The Balaban J connectivity index is 3.00. The molecule has 0 heterocycles. The van der Waals surface area contributed by atoms with Crippen LogP contribution in [0.2, 0.25) is 5.02 Å². The summed E-state index contributed by atoms with van der Waals surface area (Å²) in [4.78, 5) is 0.